The van der Waals surface area contributed by atoms with Gasteiger partial charge in [-0.1, -0.05) is 12.1 Å². The van der Waals surface area contributed by atoms with Gasteiger partial charge >= 0.3 is 0 Å². The molecule has 17 heavy (non-hydrogen) atoms. The number of nitrogens with one attached hydrogen (secondary N) is 2. The molecule has 1 aliphatic heterocycles. The monoisotopic (exact) mass is 248 g/mol. The maximum atomic E-state index is 5.78. The molecule has 2 N–H and O–H groups in total. The first kappa shape index (κ1) is 10.5. The highest BCUT2D eigenvalue weighted by Crippen LogP contribution is 2.41. The van der Waals surface area contributed by atoms with E-state index in [4.69, 9.17) is 11.6 Å². The number of hydrogen-bond acceptors (Lipinski definition) is 3. The average Bonchev–Trinajstić information content (AvgIpc) is 2.82. The molecule has 0 radical (unpaired) electrons. The molecule has 0 saturated heterocycles. The Morgan fingerprint density at radius 2 is 2.18 bits per heavy atom. The number of halogens is 1. The van der Waals surface area contributed by atoms with Crippen LogP contribution in [0.2, 0.25) is 0 Å². The van der Waals surface area contributed by atoms with Crippen molar-refractivity contribution in [2.45, 2.75) is 6.42 Å². The fraction of sp³-hybridized carbons (Fsp3) is 0.250. The van der Waals surface area contributed by atoms with Crippen molar-refractivity contribution in [2.75, 3.05) is 22.6 Å². The van der Waals surface area contributed by atoms with Gasteiger partial charge in [-0.3, -0.25) is 0 Å². The minimum atomic E-state index is 0.659. The molecule has 1 aromatic carbocycles. The van der Waals surface area contributed by atoms with Crippen LogP contribution in [0.5, 0.6) is 0 Å². The molecule has 1 aliphatic rings. The van der Waals surface area contributed by atoms with E-state index in [-0.39, 0.29) is 0 Å². The first-order valence-corrected chi connectivity index (χ1v) is 6.16. The molecule has 1 aromatic heterocycles. The maximum Gasteiger partial charge on any atom is 0.176 e. The Labute approximate surface area is 105 Å². The largest absolute Gasteiger partial charge is 0.337 e. The van der Waals surface area contributed by atoms with Crippen LogP contribution < -0.4 is 10.2 Å². The molecule has 0 atom stereocenters. The minimum absolute atomic E-state index is 0.659. The number of aromatic amines is 1. The second-order valence-corrected chi connectivity index (χ2v) is 4.32. The van der Waals surface area contributed by atoms with Crippen molar-refractivity contribution in [3.05, 3.63) is 30.6 Å². The predicted octanol–water partition coefficient (Wildman–Crippen LogP) is 3.23. The Hall–Kier alpha value is -1.68. The quantitative estimate of drug-likeness (QED) is 0.820. The number of benzene rings is 1. The van der Waals surface area contributed by atoms with E-state index in [1.807, 2.05) is 12.1 Å². The van der Waals surface area contributed by atoms with E-state index in [2.05, 4.69) is 32.3 Å². The summed E-state index contributed by atoms with van der Waals surface area (Å²) >= 11 is 5.78. The van der Waals surface area contributed by atoms with Crippen molar-refractivity contribution in [1.82, 2.24) is 9.97 Å². The molecule has 2 heterocycles. The third kappa shape index (κ3) is 1.74. The van der Waals surface area contributed by atoms with Gasteiger partial charge in [-0.25, -0.2) is 4.98 Å². The first-order valence-electron chi connectivity index (χ1n) is 5.63. The molecule has 0 bridgehead atoms. The van der Waals surface area contributed by atoms with Gasteiger partial charge in [0.15, 0.2) is 11.6 Å². The third-order valence-corrected chi connectivity index (χ3v) is 3.11. The predicted molar refractivity (Wildman–Crippen MR) is 70.7 cm³/mol. The topological polar surface area (TPSA) is 44.0 Å². The van der Waals surface area contributed by atoms with Crippen LogP contribution >= 0.6 is 11.6 Å². The van der Waals surface area contributed by atoms with Crippen LogP contribution in [0.4, 0.5) is 23.0 Å². The second-order valence-electron chi connectivity index (χ2n) is 3.94. The Bertz CT molecular complexity index is 523. The summed E-state index contributed by atoms with van der Waals surface area (Å²) in [5.41, 5.74) is 2.25. The fourth-order valence-corrected chi connectivity index (χ4v) is 2.21. The van der Waals surface area contributed by atoms with Gasteiger partial charge in [0.05, 0.1) is 17.7 Å². The number of aromatic nitrogens is 2. The number of para-hydroxylation sites is 2. The van der Waals surface area contributed by atoms with Gasteiger partial charge < -0.3 is 15.2 Å². The molecule has 0 saturated carbocycles. The molecular formula is C12H13ClN4. The number of nitrogens with zero attached hydrogens (tertiary/aromatic N) is 2. The van der Waals surface area contributed by atoms with E-state index in [1.54, 1.807) is 6.33 Å². The van der Waals surface area contributed by atoms with Gasteiger partial charge in [0, 0.05) is 12.4 Å². The third-order valence-electron chi connectivity index (χ3n) is 2.84. The summed E-state index contributed by atoms with van der Waals surface area (Å²) in [5, 5.41) is 3.33. The van der Waals surface area contributed by atoms with Crippen LogP contribution in [0.15, 0.2) is 30.6 Å². The fourth-order valence-electron chi connectivity index (χ4n) is 2.09. The molecule has 5 heteroatoms. The van der Waals surface area contributed by atoms with E-state index in [1.165, 1.54) is 0 Å². The van der Waals surface area contributed by atoms with E-state index in [0.29, 0.717) is 5.88 Å². The minimum Gasteiger partial charge on any atom is -0.337 e. The molecule has 3 rings (SSSR count). The number of hydrogen-bond donors (Lipinski definition) is 2. The van der Waals surface area contributed by atoms with Gasteiger partial charge in [-0.15, -0.1) is 11.6 Å². The van der Waals surface area contributed by atoms with Gasteiger partial charge in [0.1, 0.15) is 0 Å². The van der Waals surface area contributed by atoms with E-state index in [0.717, 1.165) is 36.0 Å². The van der Waals surface area contributed by atoms with Crippen molar-refractivity contribution in [3.8, 4) is 0 Å². The normalized spacial score (nSPS) is 12.9. The Morgan fingerprint density at radius 1 is 1.29 bits per heavy atom. The number of imidazole rings is 1. The van der Waals surface area contributed by atoms with Crippen molar-refractivity contribution in [3.63, 3.8) is 0 Å². The number of alkyl halides is 1. The highest BCUT2D eigenvalue weighted by molar-refractivity contribution is 6.17. The van der Waals surface area contributed by atoms with E-state index >= 15 is 0 Å². The van der Waals surface area contributed by atoms with Crippen LogP contribution in [-0.4, -0.2) is 22.4 Å². The highest BCUT2D eigenvalue weighted by Gasteiger charge is 2.23. The molecule has 88 valence electrons. The molecule has 0 spiro atoms. The standard InChI is InChI=1S/C12H13ClN4/c13-6-3-7-17-10-5-2-1-4-9(10)16-11-12(17)15-8-14-11/h1-2,4-5,8,16H,3,6-7H2,(H,14,15). The Kier molecular flexibility index (Phi) is 2.65. The summed E-state index contributed by atoms with van der Waals surface area (Å²) in [4.78, 5) is 9.66. The second kappa shape index (κ2) is 4.30. The number of fused-ring (bicyclic) bond motifs is 2. The van der Waals surface area contributed by atoms with Gasteiger partial charge in [0.2, 0.25) is 0 Å². The smallest absolute Gasteiger partial charge is 0.176 e. The summed E-state index contributed by atoms with van der Waals surface area (Å²) in [6, 6.07) is 8.21. The maximum absolute atomic E-state index is 5.78. The Balaban J connectivity index is 2.02. The molecule has 4 nitrogen and oxygen atoms in total. The number of rotatable bonds is 3. The number of H-pyrrole nitrogens is 1. The summed E-state index contributed by atoms with van der Waals surface area (Å²) in [7, 11) is 0. The van der Waals surface area contributed by atoms with Crippen LogP contribution in [0.3, 0.4) is 0 Å². The molecule has 0 fully saturated rings. The molecule has 0 aliphatic carbocycles. The highest BCUT2D eigenvalue weighted by atomic mass is 35.5. The summed E-state index contributed by atoms with van der Waals surface area (Å²) < 4.78 is 0. The summed E-state index contributed by atoms with van der Waals surface area (Å²) in [6.45, 7) is 0.875. The zero-order valence-electron chi connectivity index (χ0n) is 9.28. The van der Waals surface area contributed by atoms with Gasteiger partial charge in [0.25, 0.3) is 0 Å². The first-order chi connectivity index (χ1) is 8.40. The van der Waals surface area contributed by atoms with Gasteiger partial charge in [-0.2, -0.15) is 0 Å². The zero-order chi connectivity index (χ0) is 11.7. The Morgan fingerprint density at radius 3 is 3.06 bits per heavy atom. The van der Waals surface area contributed by atoms with Crippen LogP contribution in [0, 0.1) is 0 Å². The van der Waals surface area contributed by atoms with Crippen LogP contribution in [0.25, 0.3) is 0 Å². The lowest BCUT2D eigenvalue weighted by Crippen LogP contribution is -2.24. The molecule has 0 amide bonds. The lowest BCUT2D eigenvalue weighted by Gasteiger charge is -2.30. The lowest BCUT2D eigenvalue weighted by atomic mass is 10.2. The summed E-state index contributed by atoms with van der Waals surface area (Å²) in [5.74, 6) is 2.54. The van der Waals surface area contributed by atoms with E-state index < -0.39 is 0 Å². The molecule has 0 unspecified atom stereocenters. The lowest BCUT2D eigenvalue weighted by molar-refractivity contribution is 0.877. The van der Waals surface area contributed by atoms with E-state index in [9.17, 15) is 0 Å². The van der Waals surface area contributed by atoms with Crippen molar-refractivity contribution in [2.24, 2.45) is 0 Å². The van der Waals surface area contributed by atoms with Crippen molar-refractivity contribution < 1.29 is 0 Å². The molecular weight excluding hydrogens is 236 g/mol. The summed E-state index contributed by atoms with van der Waals surface area (Å²) in [6.07, 6.45) is 2.64. The average molecular weight is 249 g/mol. The molecule has 2 aromatic rings. The van der Waals surface area contributed by atoms with Gasteiger partial charge in [-0.05, 0) is 18.6 Å². The van der Waals surface area contributed by atoms with Crippen LogP contribution in [-0.2, 0) is 0 Å². The number of anilines is 4. The van der Waals surface area contributed by atoms with Crippen LogP contribution in [0.1, 0.15) is 6.42 Å². The van der Waals surface area contributed by atoms with Crippen molar-refractivity contribution >= 4 is 34.6 Å². The zero-order valence-corrected chi connectivity index (χ0v) is 10.0. The van der Waals surface area contributed by atoms with Crippen molar-refractivity contribution in [1.29, 1.82) is 0 Å². The SMILES string of the molecule is ClCCCN1c2ccccc2Nc2[nH]cnc21.